The molecule has 0 unspecified atom stereocenters. The summed E-state index contributed by atoms with van der Waals surface area (Å²) < 4.78 is 2.11. The van der Waals surface area contributed by atoms with Crippen LogP contribution >= 0.6 is 12.6 Å². The molecule has 0 aliphatic rings. The zero-order valence-electron chi connectivity index (χ0n) is 6.33. The topological polar surface area (TPSA) is 17.8 Å². The van der Waals surface area contributed by atoms with Crippen LogP contribution in [0.25, 0.3) is 0 Å². The van der Waals surface area contributed by atoms with Crippen LogP contribution in [0.5, 0.6) is 0 Å². The Hall–Kier alpha value is -0.440. The van der Waals surface area contributed by atoms with Crippen LogP contribution in [0, 0.1) is 13.8 Å². The monoisotopic (exact) mass is 156 g/mol. The molecule has 0 amide bonds. The van der Waals surface area contributed by atoms with E-state index in [2.05, 4.69) is 22.2 Å². The lowest BCUT2D eigenvalue weighted by molar-refractivity contribution is 0.739. The van der Waals surface area contributed by atoms with Gasteiger partial charge in [-0.1, -0.05) is 0 Å². The molecule has 3 heteroatoms. The Morgan fingerprint density at radius 2 is 2.30 bits per heavy atom. The maximum atomic E-state index is 4.26. The zero-order valence-corrected chi connectivity index (χ0v) is 7.23. The number of hydrogen-bond donors (Lipinski definition) is 1. The molecule has 1 aromatic rings. The highest BCUT2D eigenvalue weighted by atomic mass is 32.1. The second kappa shape index (κ2) is 3.10. The molecular formula is C7H12N2S. The van der Waals surface area contributed by atoms with Crippen molar-refractivity contribution in [1.82, 2.24) is 9.55 Å². The maximum Gasteiger partial charge on any atom is 0.105 e. The predicted molar refractivity (Wildman–Crippen MR) is 45.6 cm³/mol. The molecule has 0 aromatic carbocycles. The second-order valence-corrected chi connectivity index (χ2v) is 2.79. The van der Waals surface area contributed by atoms with E-state index in [0.29, 0.717) is 0 Å². The predicted octanol–water partition coefficient (Wildman–Crippen LogP) is 1.43. The molecule has 1 heterocycles. The van der Waals surface area contributed by atoms with Gasteiger partial charge in [-0.3, -0.25) is 0 Å². The SMILES string of the molecule is Cc1cn(CCS)c(C)n1. The molecule has 0 N–H and O–H groups in total. The van der Waals surface area contributed by atoms with E-state index >= 15 is 0 Å². The summed E-state index contributed by atoms with van der Waals surface area (Å²) in [6.07, 6.45) is 2.05. The molecule has 0 atom stereocenters. The Labute approximate surface area is 66.7 Å². The van der Waals surface area contributed by atoms with Gasteiger partial charge in [0.2, 0.25) is 0 Å². The van der Waals surface area contributed by atoms with Crippen LogP contribution in [0.2, 0.25) is 0 Å². The summed E-state index contributed by atoms with van der Waals surface area (Å²) in [6.45, 7) is 4.97. The van der Waals surface area contributed by atoms with Gasteiger partial charge < -0.3 is 4.57 Å². The van der Waals surface area contributed by atoms with Crippen molar-refractivity contribution in [3.05, 3.63) is 17.7 Å². The molecular weight excluding hydrogens is 144 g/mol. The first kappa shape index (κ1) is 7.66. The van der Waals surface area contributed by atoms with Crippen LogP contribution in [-0.2, 0) is 6.54 Å². The molecule has 1 rings (SSSR count). The van der Waals surface area contributed by atoms with Crippen LogP contribution < -0.4 is 0 Å². The van der Waals surface area contributed by atoms with Gasteiger partial charge in [0.05, 0.1) is 5.69 Å². The van der Waals surface area contributed by atoms with Gasteiger partial charge in [-0.05, 0) is 13.8 Å². The van der Waals surface area contributed by atoms with E-state index in [0.717, 1.165) is 23.8 Å². The third kappa shape index (κ3) is 1.53. The molecule has 0 spiro atoms. The molecule has 0 saturated heterocycles. The van der Waals surface area contributed by atoms with Crippen molar-refractivity contribution < 1.29 is 0 Å². The Morgan fingerprint density at radius 1 is 1.60 bits per heavy atom. The largest absolute Gasteiger partial charge is 0.334 e. The van der Waals surface area contributed by atoms with Crippen molar-refractivity contribution in [3.8, 4) is 0 Å². The van der Waals surface area contributed by atoms with Gasteiger partial charge in [0.1, 0.15) is 5.82 Å². The molecule has 2 nitrogen and oxygen atoms in total. The first-order valence-corrected chi connectivity index (χ1v) is 3.98. The quantitative estimate of drug-likeness (QED) is 0.641. The minimum Gasteiger partial charge on any atom is -0.334 e. The summed E-state index contributed by atoms with van der Waals surface area (Å²) in [6, 6.07) is 0. The molecule has 0 aliphatic heterocycles. The average molecular weight is 156 g/mol. The number of aryl methyl sites for hydroxylation is 3. The lowest BCUT2D eigenvalue weighted by Crippen LogP contribution is -1.99. The number of thiol groups is 1. The highest BCUT2D eigenvalue weighted by Crippen LogP contribution is 2.00. The Bertz CT molecular complexity index is 217. The lowest BCUT2D eigenvalue weighted by Gasteiger charge is -1.98. The number of imidazole rings is 1. The first-order valence-electron chi connectivity index (χ1n) is 3.35. The number of nitrogens with zero attached hydrogens (tertiary/aromatic N) is 2. The summed E-state index contributed by atoms with van der Waals surface area (Å²) in [5, 5.41) is 0. The molecule has 0 saturated carbocycles. The smallest absolute Gasteiger partial charge is 0.105 e. The van der Waals surface area contributed by atoms with Crippen molar-refractivity contribution >= 4 is 12.6 Å². The van der Waals surface area contributed by atoms with Gasteiger partial charge in [0, 0.05) is 18.5 Å². The van der Waals surface area contributed by atoms with E-state index in [-0.39, 0.29) is 0 Å². The molecule has 0 fully saturated rings. The van der Waals surface area contributed by atoms with Crippen LogP contribution in [0.15, 0.2) is 6.20 Å². The molecule has 0 bridgehead atoms. The van der Waals surface area contributed by atoms with E-state index in [1.54, 1.807) is 0 Å². The van der Waals surface area contributed by atoms with Crippen molar-refractivity contribution in [2.24, 2.45) is 0 Å². The standard InChI is InChI=1S/C7H12N2S/c1-6-5-9(3-4-10)7(2)8-6/h5,10H,3-4H2,1-2H3. The fourth-order valence-corrected chi connectivity index (χ4v) is 1.22. The number of rotatable bonds is 2. The van der Waals surface area contributed by atoms with Gasteiger partial charge >= 0.3 is 0 Å². The van der Waals surface area contributed by atoms with Crippen molar-refractivity contribution in [3.63, 3.8) is 0 Å². The van der Waals surface area contributed by atoms with Crippen LogP contribution in [-0.4, -0.2) is 15.3 Å². The highest BCUT2D eigenvalue weighted by molar-refractivity contribution is 7.80. The van der Waals surface area contributed by atoms with Crippen LogP contribution in [0.4, 0.5) is 0 Å². The van der Waals surface area contributed by atoms with Gasteiger partial charge in [-0.2, -0.15) is 12.6 Å². The minimum absolute atomic E-state index is 0.872. The van der Waals surface area contributed by atoms with Crippen molar-refractivity contribution in [1.29, 1.82) is 0 Å². The molecule has 0 aliphatic carbocycles. The Morgan fingerprint density at radius 3 is 2.70 bits per heavy atom. The fraction of sp³-hybridized carbons (Fsp3) is 0.571. The summed E-state index contributed by atoms with van der Waals surface area (Å²) in [4.78, 5) is 4.26. The van der Waals surface area contributed by atoms with Crippen molar-refractivity contribution in [2.45, 2.75) is 20.4 Å². The van der Waals surface area contributed by atoms with Gasteiger partial charge in [0.15, 0.2) is 0 Å². The highest BCUT2D eigenvalue weighted by Gasteiger charge is 1.97. The van der Waals surface area contributed by atoms with E-state index in [1.807, 2.05) is 20.0 Å². The minimum atomic E-state index is 0.872. The molecule has 10 heavy (non-hydrogen) atoms. The van der Waals surface area contributed by atoms with Crippen LogP contribution in [0.3, 0.4) is 0 Å². The average Bonchev–Trinajstić information content (AvgIpc) is 2.13. The van der Waals surface area contributed by atoms with Crippen molar-refractivity contribution in [2.75, 3.05) is 5.75 Å². The first-order chi connectivity index (χ1) is 4.74. The summed E-state index contributed by atoms with van der Waals surface area (Å²) in [7, 11) is 0. The van der Waals surface area contributed by atoms with Crippen LogP contribution in [0.1, 0.15) is 11.5 Å². The second-order valence-electron chi connectivity index (χ2n) is 2.35. The summed E-state index contributed by atoms with van der Waals surface area (Å²) in [5.74, 6) is 1.95. The normalized spacial score (nSPS) is 10.3. The third-order valence-electron chi connectivity index (χ3n) is 1.44. The Kier molecular flexibility index (Phi) is 2.38. The molecule has 0 radical (unpaired) electrons. The third-order valence-corrected chi connectivity index (χ3v) is 1.64. The van der Waals surface area contributed by atoms with E-state index < -0.39 is 0 Å². The van der Waals surface area contributed by atoms with E-state index in [9.17, 15) is 0 Å². The molecule has 56 valence electrons. The van der Waals surface area contributed by atoms with E-state index in [4.69, 9.17) is 0 Å². The lowest BCUT2D eigenvalue weighted by atomic mass is 10.6. The molecule has 1 aromatic heterocycles. The number of hydrogen-bond acceptors (Lipinski definition) is 2. The van der Waals surface area contributed by atoms with Gasteiger partial charge in [-0.15, -0.1) is 0 Å². The Balaban J connectivity index is 2.81. The fourth-order valence-electron chi connectivity index (χ4n) is 1.00. The summed E-state index contributed by atoms with van der Waals surface area (Å²) in [5.41, 5.74) is 1.08. The zero-order chi connectivity index (χ0) is 7.56. The van der Waals surface area contributed by atoms with Gasteiger partial charge in [-0.25, -0.2) is 4.98 Å². The van der Waals surface area contributed by atoms with E-state index in [1.165, 1.54) is 0 Å². The maximum absolute atomic E-state index is 4.26. The van der Waals surface area contributed by atoms with Gasteiger partial charge in [0.25, 0.3) is 0 Å². The summed E-state index contributed by atoms with van der Waals surface area (Å²) >= 11 is 4.14. The number of aromatic nitrogens is 2.